The molecule has 3 heteroatoms. The molecule has 2 N–H and O–H groups in total. The van der Waals surface area contributed by atoms with Crippen molar-refractivity contribution in [2.45, 2.75) is 26.3 Å². The van der Waals surface area contributed by atoms with Gasteiger partial charge in [-0.1, -0.05) is 38.1 Å². The number of ether oxygens (including phenoxy) is 2. The summed E-state index contributed by atoms with van der Waals surface area (Å²) in [7, 11) is 3.29. The zero-order valence-corrected chi connectivity index (χ0v) is 13.8. The van der Waals surface area contributed by atoms with Crippen LogP contribution in [-0.2, 0) is 6.42 Å². The molecule has 0 fully saturated rings. The molecule has 0 saturated heterocycles. The zero-order chi connectivity index (χ0) is 16.1. The van der Waals surface area contributed by atoms with Gasteiger partial charge in [0.2, 0.25) is 0 Å². The fraction of sp³-hybridized carbons (Fsp3) is 0.368. The van der Waals surface area contributed by atoms with Gasteiger partial charge in [-0.15, -0.1) is 0 Å². The smallest absolute Gasteiger partial charge is 0.127 e. The van der Waals surface area contributed by atoms with E-state index in [1.807, 2.05) is 18.2 Å². The van der Waals surface area contributed by atoms with Crippen LogP contribution in [0.3, 0.4) is 0 Å². The van der Waals surface area contributed by atoms with Crippen molar-refractivity contribution in [2.24, 2.45) is 11.7 Å². The Morgan fingerprint density at radius 1 is 0.955 bits per heavy atom. The highest BCUT2D eigenvalue weighted by molar-refractivity contribution is 5.46. The number of hydrogen-bond donors (Lipinski definition) is 1. The lowest BCUT2D eigenvalue weighted by Crippen LogP contribution is -2.13. The van der Waals surface area contributed by atoms with Crippen molar-refractivity contribution in [1.82, 2.24) is 0 Å². The Morgan fingerprint density at radius 3 is 2.18 bits per heavy atom. The first kappa shape index (κ1) is 16.4. The van der Waals surface area contributed by atoms with Crippen molar-refractivity contribution in [3.8, 4) is 11.5 Å². The molecule has 0 aliphatic carbocycles. The Bertz CT molecular complexity index is 605. The van der Waals surface area contributed by atoms with Gasteiger partial charge in [-0.3, -0.25) is 0 Å². The topological polar surface area (TPSA) is 44.5 Å². The molecule has 2 rings (SSSR count). The molecule has 0 bridgehead atoms. The minimum absolute atomic E-state index is 0.214. The second kappa shape index (κ2) is 7.32. The molecule has 2 aromatic carbocycles. The summed E-state index contributed by atoms with van der Waals surface area (Å²) in [6.45, 7) is 4.45. The zero-order valence-electron chi connectivity index (χ0n) is 13.8. The van der Waals surface area contributed by atoms with E-state index in [-0.39, 0.29) is 6.04 Å². The minimum atomic E-state index is -0.214. The monoisotopic (exact) mass is 299 g/mol. The van der Waals surface area contributed by atoms with Crippen molar-refractivity contribution >= 4 is 0 Å². The van der Waals surface area contributed by atoms with E-state index in [0.29, 0.717) is 5.92 Å². The summed E-state index contributed by atoms with van der Waals surface area (Å²) >= 11 is 0. The maximum absolute atomic E-state index is 6.41. The van der Waals surface area contributed by atoms with Crippen LogP contribution in [0.15, 0.2) is 42.5 Å². The van der Waals surface area contributed by atoms with Crippen LogP contribution < -0.4 is 15.2 Å². The van der Waals surface area contributed by atoms with E-state index in [9.17, 15) is 0 Å². The third-order valence-corrected chi connectivity index (χ3v) is 3.76. The molecule has 118 valence electrons. The average Bonchev–Trinajstić information content (AvgIpc) is 2.53. The second-order valence-electron chi connectivity index (χ2n) is 5.93. The van der Waals surface area contributed by atoms with Crippen molar-refractivity contribution < 1.29 is 9.47 Å². The maximum Gasteiger partial charge on any atom is 0.127 e. The van der Waals surface area contributed by atoms with Crippen LogP contribution in [0.5, 0.6) is 11.5 Å². The van der Waals surface area contributed by atoms with Crippen LogP contribution in [0.25, 0.3) is 0 Å². The third-order valence-electron chi connectivity index (χ3n) is 3.76. The quantitative estimate of drug-likeness (QED) is 0.878. The third kappa shape index (κ3) is 3.80. The van der Waals surface area contributed by atoms with E-state index in [1.54, 1.807) is 14.2 Å². The number of hydrogen-bond acceptors (Lipinski definition) is 3. The van der Waals surface area contributed by atoms with Gasteiger partial charge in [-0.25, -0.2) is 0 Å². The van der Waals surface area contributed by atoms with E-state index >= 15 is 0 Å². The molecular formula is C19H25NO2. The first-order chi connectivity index (χ1) is 10.5. The minimum Gasteiger partial charge on any atom is -0.497 e. The largest absolute Gasteiger partial charge is 0.497 e. The van der Waals surface area contributed by atoms with Crippen LogP contribution in [0.1, 0.15) is 36.6 Å². The Labute approximate surface area is 133 Å². The van der Waals surface area contributed by atoms with Gasteiger partial charge in [-0.05, 0) is 35.6 Å². The SMILES string of the molecule is COc1ccc(C(N)c2ccc(CC(C)C)cc2)c(OC)c1. The predicted molar refractivity (Wildman–Crippen MR) is 90.6 cm³/mol. The molecule has 0 aliphatic rings. The molecule has 0 amide bonds. The van der Waals surface area contributed by atoms with Gasteiger partial charge in [0, 0.05) is 11.6 Å². The Morgan fingerprint density at radius 2 is 1.64 bits per heavy atom. The summed E-state index contributed by atoms with van der Waals surface area (Å²) in [5, 5.41) is 0. The summed E-state index contributed by atoms with van der Waals surface area (Å²) in [5.41, 5.74) is 9.79. The fourth-order valence-electron chi connectivity index (χ4n) is 2.59. The average molecular weight is 299 g/mol. The summed E-state index contributed by atoms with van der Waals surface area (Å²) in [6, 6.07) is 14.0. The van der Waals surface area contributed by atoms with Gasteiger partial charge in [0.05, 0.1) is 20.3 Å². The number of rotatable bonds is 6. The first-order valence-electron chi connectivity index (χ1n) is 7.61. The van der Waals surface area contributed by atoms with E-state index < -0.39 is 0 Å². The van der Waals surface area contributed by atoms with Gasteiger partial charge >= 0.3 is 0 Å². The predicted octanol–water partition coefficient (Wildman–Crippen LogP) is 3.95. The van der Waals surface area contributed by atoms with Gasteiger partial charge in [-0.2, -0.15) is 0 Å². The van der Waals surface area contributed by atoms with E-state index in [1.165, 1.54) is 5.56 Å². The van der Waals surface area contributed by atoms with E-state index in [0.717, 1.165) is 29.0 Å². The van der Waals surface area contributed by atoms with E-state index in [4.69, 9.17) is 15.2 Å². The summed E-state index contributed by atoms with van der Waals surface area (Å²) in [6.07, 6.45) is 1.08. The Balaban J connectivity index is 2.25. The highest BCUT2D eigenvalue weighted by atomic mass is 16.5. The summed E-state index contributed by atoms with van der Waals surface area (Å²) < 4.78 is 10.7. The van der Waals surface area contributed by atoms with Crippen LogP contribution in [0, 0.1) is 5.92 Å². The molecule has 0 radical (unpaired) electrons. The summed E-state index contributed by atoms with van der Waals surface area (Å²) in [5.74, 6) is 2.17. The van der Waals surface area contributed by atoms with Gasteiger partial charge < -0.3 is 15.2 Å². The number of nitrogens with two attached hydrogens (primary N) is 1. The Kier molecular flexibility index (Phi) is 5.45. The molecule has 1 atom stereocenters. The highest BCUT2D eigenvalue weighted by Gasteiger charge is 2.15. The van der Waals surface area contributed by atoms with Crippen molar-refractivity contribution in [2.75, 3.05) is 14.2 Å². The van der Waals surface area contributed by atoms with Crippen LogP contribution in [0.4, 0.5) is 0 Å². The lowest BCUT2D eigenvalue weighted by molar-refractivity contribution is 0.390. The Hall–Kier alpha value is -2.00. The van der Waals surface area contributed by atoms with Crippen molar-refractivity contribution in [3.63, 3.8) is 0 Å². The van der Waals surface area contributed by atoms with Crippen LogP contribution in [0.2, 0.25) is 0 Å². The van der Waals surface area contributed by atoms with Gasteiger partial charge in [0.1, 0.15) is 11.5 Å². The van der Waals surface area contributed by atoms with Gasteiger partial charge in [0.25, 0.3) is 0 Å². The molecule has 0 spiro atoms. The molecule has 22 heavy (non-hydrogen) atoms. The molecule has 2 aromatic rings. The van der Waals surface area contributed by atoms with Crippen molar-refractivity contribution in [1.29, 1.82) is 0 Å². The molecular weight excluding hydrogens is 274 g/mol. The highest BCUT2D eigenvalue weighted by Crippen LogP contribution is 2.31. The molecule has 0 saturated carbocycles. The molecule has 0 heterocycles. The summed E-state index contributed by atoms with van der Waals surface area (Å²) in [4.78, 5) is 0. The van der Waals surface area contributed by atoms with Crippen molar-refractivity contribution in [3.05, 3.63) is 59.2 Å². The van der Waals surface area contributed by atoms with Crippen LogP contribution >= 0.6 is 0 Å². The normalized spacial score (nSPS) is 12.3. The maximum atomic E-state index is 6.41. The van der Waals surface area contributed by atoms with E-state index in [2.05, 4.69) is 38.1 Å². The lowest BCUT2D eigenvalue weighted by Gasteiger charge is -2.17. The lowest BCUT2D eigenvalue weighted by atomic mass is 9.95. The molecule has 0 aliphatic heterocycles. The molecule has 1 unspecified atom stereocenters. The molecule has 3 nitrogen and oxygen atoms in total. The molecule has 0 aromatic heterocycles. The fourth-order valence-corrected chi connectivity index (χ4v) is 2.59. The number of benzene rings is 2. The van der Waals surface area contributed by atoms with Gasteiger partial charge in [0.15, 0.2) is 0 Å². The van der Waals surface area contributed by atoms with Crippen LogP contribution in [-0.4, -0.2) is 14.2 Å². The standard InChI is InChI=1S/C19H25NO2/c1-13(2)11-14-5-7-15(8-6-14)19(20)17-10-9-16(21-3)12-18(17)22-4/h5-10,12-13,19H,11,20H2,1-4H3. The first-order valence-corrected chi connectivity index (χ1v) is 7.61. The second-order valence-corrected chi connectivity index (χ2v) is 5.93. The number of methoxy groups -OCH3 is 2.